The van der Waals surface area contributed by atoms with Crippen LogP contribution in [0, 0.1) is 5.92 Å². The highest BCUT2D eigenvalue weighted by atomic mass is 16.3. The minimum atomic E-state index is -0.790. The van der Waals surface area contributed by atoms with Crippen molar-refractivity contribution in [1.29, 1.82) is 0 Å². The van der Waals surface area contributed by atoms with Gasteiger partial charge in [-0.3, -0.25) is 0 Å². The molecule has 0 spiro atoms. The lowest BCUT2D eigenvalue weighted by Gasteiger charge is -2.24. The average molecular weight is 221 g/mol. The molecule has 1 atom stereocenters. The van der Waals surface area contributed by atoms with Crippen molar-refractivity contribution < 1.29 is 5.11 Å². The first-order valence-electron chi connectivity index (χ1n) is 5.92. The van der Waals surface area contributed by atoms with Crippen LogP contribution >= 0.6 is 0 Å². The van der Waals surface area contributed by atoms with Crippen LogP contribution in [-0.4, -0.2) is 18.7 Å². The van der Waals surface area contributed by atoms with Gasteiger partial charge in [0.05, 0.1) is 5.60 Å². The Kier molecular flexibility index (Phi) is 4.51. The third-order valence-corrected chi connectivity index (χ3v) is 2.71. The fourth-order valence-corrected chi connectivity index (χ4v) is 1.95. The second-order valence-electron chi connectivity index (χ2n) is 5.10. The van der Waals surface area contributed by atoms with Crippen LogP contribution in [-0.2, 0) is 12.0 Å². The van der Waals surface area contributed by atoms with E-state index in [9.17, 15) is 5.11 Å². The van der Waals surface area contributed by atoms with Gasteiger partial charge in [-0.05, 0) is 37.4 Å². The molecule has 0 bridgehead atoms. The van der Waals surface area contributed by atoms with Crippen LogP contribution in [0.3, 0.4) is 0 Å². The Morgan fingerprint density at radius 2 is 2.06 bits per heavy atom. The van der Waals surface area contributed by atoms with E-state index in [0.717, 1.165) is 12.0 Å². The molecule has 0 radical (unpaired) electrons. The number of rotatable bonds is 5. The van der Waals surface area contributed by atoms with E-state index < -0.39 is 5.60 Å². The molecule has 2 N–H and O–H groups in total. The zero-order valence-electron chi connectivity index (χ0n) is 10.7. The third-order valence-electron chi connectivity index (χ3n) is 2.71. The van der Waals surface area contributed by atoms with Gasteiger partial charge in [0.15, 0.2) is 0 Å². The molecule has 16 heavy (non-hydrogen) atoms. The summed E-state index contributed by atoms with van der Waals surface area (Å²) >= 11 is 0. The molecule has 2 heteroatoms. The topological polar surface area (TPSA) is 32.3 Å². The maximum atomic E-state index is 10.3. The van der Waals surface area contributed by atoms with Crippen molar-refractivity contribution in [2.45, 2.75) is 32.8 Å². The van der Waals surface area contributed by atoms with Gasteiger partial charge in [0, 0.05) is 6.54 Å². The van der Waals surface area contributed by atoms with Crippen molar-refractivity contribution in [2.75, 3.05) is 13.6 Å². The lowest BCUT2D eigenvalue weighted by molar-refractivity contribution is 0.0591. The smallest absolute Gasteiger partial charge is 0.0992 e. The van der Waals surface area contributed by atoms with E-state index in [4.69, 9.17) is 0 Å². The molecular weight excluding hydrogens is 198 g/mol. The summed E-state index contributed by atoms with van der Waals surface area (Å²) < 4.78 is 0. The Balaban J connectivity index is 2.89. The first-order chi connectivity index (χ1) is 7.45. The summed E-state index contributed by atoms with van der Waals surface area (Å²) in [5.74, 6) is 0.643. The van der Waals surface area contributed by atoms with E-state index in [1.165, 1.54) is 5.56 Å². The van der Waals surface area contributed by atoms with E-state index in [0.29, 0.717) is 12.5 Å². The van der Waals surface area contributed by atoms with Gasteiger partial charge in [0.1, 0.15) is 0 Å². The normalized spacial score (nSPS) is 15.1. The molecule has 2 nitrogen and oxygen atoms in total. The monoisotopic (exact) mass is 221 g/mol. The second kappa shape index (κ2) is 5.46. The molecule has 1 unspecified atom stereocenters. The molecule has 0 aliphatic heterocycles. The molecule has 0 aliphatic carbocycles. The summed E-state index contributed by atoms with van der Waals surface area (Å²) in [5.41, 5.74) is 1.49. The highest BCUT2D eigenvalue weighted by molar-refractivity contribution is 5.28. The highest BCUT2D eigenvalue weighted by Crippen LogP contribution is 2.21. The van der Waals surface area contributed by atoms with Crippen LogP contribution in [0.15, 0.2) is 24.3 Å². The molecule has 0 fully saturated rings. The highest BCUT2D eigenvalue weighted by Gasteiger charge is 2.21. The van der Waals surface area contributed by atoms with Gasteiger partial charge in [0.2, 0.25) is 0 Å². The van der Waals surface area contributed by atoms with Crippen LogP contribution in [0.4, 0.5) is 0 Å². The van der Waals surface area contributed by atoms with Crippen molar-refractivity contribution in [3.8, 4) is 0 Å². The van der Waals surface area contributed by atoms with Crippen LogP contribution in [0.5, 0.6) is 0 Å². The maximum Gasteiger partial charge on any atom is 0.0992 e. The Bertz CT molecular complexity index is 331. The van der Waals surface area contributed by atoms with Gasteiger partial charge in [-0.15, -0.1) is 0 Å². The minimum Gasteiger partial charge on any atom is -0.384 e. The number of nitrogens with one attached hydrogen (secondary N) is 1. The van der Waals surface area contributed by atoms with Gasteiger partial charge in [-0.2, -0.15) is 0 Å². The van der Waals surface area contributed by atoms with E-state index in [1.54, 1.807) is 0 Å². The number of hydrogen-bond donors (Lipinski definition) is 2. The van der Waals surface area contributed by atoms with Crippen LogP contribution in [0.25, 0.3) is 0 Å². The Labute approximate surface area is 98.7 Å². The predicted octanol–water partition coefficient (Wildman–Crippen LogP) is 2.31. The van der Waals surface area contributed by atoms with Crippen molar-refractivity contribution in [3.05, 3.63) is 35.4 Å². The van der Waals surface area contributed by atoms with E-state index >= 15 is 0 Å². The Hall–Kier alpha value is -0.860. The van der Waals surface area contributed by atoms with Crippen molar-refractivity contribution >= 4 is 0 Å². The van der Waals surface area contributed by atoms with Crippen LogP contribution in [0.1, 0.15) is 31.9 Å². The summed E-state index contributed by atoms with van der Waals surface area (Å²) in [5, 5.41) is 13.3. The van der Waals surface area contributed by atoms with Crippen LogP contribution in [0.2, 0.25) is 0 Å². The summed E-state index contributed by atoms with van der Waals surface area (Å²) in [7, 11) is 1.85. The zero-order chi connectivity index (χ0) is 12.2. The van der Waals surface area contributed by atoms with Gasteiger partial charge in [-0.25, -0.2) is 0 Å². The molecule has 90 valence electrons. The first-order valence-corrected chi connectivity index (χ1v) is 5.92. The molecule has 1 aromatic carbocycles. The first kappa shape index (κ1) is 13.2. The Morgan fingerprint density at radius 3 is 2.62 bits per heavy atom. The standard InChI is InChI=1S/C14H23NO/c1-11(2)8-12-6-5-7-13(9-12)14(3,16)10-15-4/h5-7,9,11,15-16H,8,10H2,1-4H3. The van der Waals surface area contributed by atoms with Crippen molar-refractivity contribution in [2.24, 2.45) is 5.92 Å². The number of hydrogen-bond acceptors (Lipinski definition) is 2. The maximum absolute atomic E-state index is 10.3. The molecule has 1 rings (SSSR count). The molecule has 0 saturated heterocycles. The molecule has 0 aliphatic rings. The molecule has 1 aromatic rings. The quantitative estimate of drug-likeness (QED) is 0.799. The molecular formula is C14H23NO. The SMILES string of the molecule is CNCC(C)(O)c1cccc(CC(C)C)c1. The summed E-state index contributed by atoms with van der Waals surface area (Å²) in [4.78, 5) is 0. The predicted molar refractivity (Wildman–Crippen MR) is 68.5 cm³/mol. The summed E-state index contributed by atoms with van der Waals surface area (Å²) in [6.07, 6.45) is 1.06. The van der Waals surface area contributed by atoms with E-state index in [2.05, 4.69) is 31.3 Å². The Morgan fingerprint density at radius 1 is 1.38 bits per heavy atom. The fourth-order valence-electron chi connectivity index (χ4n) is 1.95. The molecule has 0 heterocycles. The van der Waals surface area contributed by atoms with Gasteiger partial charge < -0.3 is 10.4 Å². The van der Waals surface area contributed by atoms with Gasteiger partial charge in [0.25, 0.3) is 0 Å². The lowest BCUT2D eigenvalue weighted by atomic mass is 9.92. The largest absolute Gasteiger partial charge is 0.384 e. The number of aliphatic hydroxyl groups is 1. The molecule has 0 aromatic heterocycles. The summed E-state index contributed by atoms with van der Waals surface area (Å²) in [6, 6.07) is 8.24. The summed E-state index contributed by atoms with van der Waals surface area (Å²) in [6.45, 7) is 6.83. The van der Waals surface area contributed by atoms with Gasteiger partial charge in [-0.1, -0.05) is 38.1 Å². The third kappa shape index (κ3) is 3.62. The lowest BCUT2D eigenvalue weighted by Crippen LogP contribution is -2.33. The van der Waals surface area contributed by atoms with Crippen molar-refractivity contribution in [1.82, 2.24) is 5.32 Å². The molecule has 0 saturated carbocycles. The van der Waals surface area contributed by atoms with Crippen LogP contribution < -0.4 is 5.32 Å². The number of benzene rings is 1. The fraction of sp³-hybridized carbons (Fsp3) is 0.571. The van der Waals surface area contributed by atoms with E-state index in [1.807, 2.05) is 26.1 Å². The zero-order valence-corrected chi connectivity index (χ0v) is 10.7. The second-order valence-corrected chi connectivity index (χ2v) is 5.10. The molecule has 0 amide bonds. The minimum absolute atomic E-state index is 0.568. The van der Waals surface area contributed by atoms with Gasteiger partial charge >= 0.3 is 0 Å². The van der Waals surface area contributed by atoms with E-state index in [-0.39, 0.29) is 0 Å². The average Bonchev–Trinajstić information content (AvgIpc) is 2.17. The van der Waals surface area contributed by atoms with Crippen molar-refractivity contribution in [3.63, 3.8) is 0 Å². The number of likely N-dealkylation sites (N-methyl/N-ethyl adjacent to an activating group) is 1.